The lowest BCUT2D eigenvalue weighted by Crippen LogP contribution is -2.44. The van der Waals surface area contributed by atoms with E-state index in [1.54, 1.807) is 20.8 Å². The second kappa shape index (κ2) is 7.00. The zero-order chi connectivity index (χ0) is 15.3. The van der Waals surface area contributed by atoms with Crippen LogP contribution in [0.4, 0.5) is 10.1 Å². The Bertz CT molecular complexity index is 505. The van der Waals surface area contributed by atoms with Crippen molar-refractivity contribution in [1.82, 2.24) is 5.32 Å². The minimum Gasteiger partial charge on any atom is -0.396 e. The van der Waals surface area contributed by atoms with Gasteiger partial charge in [-0.3, -0.25) is 9.59 Å². The molecule has 1 aromatic rings. The Morgan fingerprint density at radius 3 is 2.50 bits per heavy atom. The Labute approximate surface area is 117 Å². The lowest BCUT2D eigenvalue weighted by Gasteiger charge is -2.19. The Morgan fingerprint density at radius 2 is 1.95 bits per heavy atom. The third kappa shape index (κ3) is 4.31. The van der Waals surface area contributed by atoms with Gasteiger partial charge >= 0.3 is 11.8 Å². The molecule has 2 unspecified atom stereocenters. The van der Waals surface area contributed by atoms with Crippen LogP contribution < -0.4 is 10.6 Å². The summed E-state index contributed by atoms with van der Waals surface area (Å²) in [4.78, 5) is 23.4. The number of carbonyl (C=O) groups excluding carboxylic acids is 2. The van der Waals surface area contributed by atoms with Crippen LogP contribution in [0.5, 0.6) is 0 Å². The highest BCUT2D eigenvalue weighted by Crippen LogP contribution is 2.15. The van der Waals surface area contributed by atoms with E-state index in [4.69, 9.17) is 5.11 Å². The second-order valence-corrected chi connectivity index (χ2v) is 4.84. The molecule has 5 nitrogen and oxygen atoms in total. The standard InChI is InChI=1S/C14H19FN2O3/c1-8-6-11(15)4-5-12(8)17-14(20)13(19)16-10(3)9(2)7-18/h4-6,9-10,18H,7H2,1-3H3,(H,16,19)(H,17,20). The lowest BCUT2D eigenvalue weighted by molar-refractivity contribution is -0.136. The molecule has 6 heteroatoms. The number of halogens is 1. The van der Waals surface area contributed by atoms with Crippen LogP contribution in [0.15, 0.2) is 18.2 Å². The van der Waals surface area contributed by atoms with E-state index in [9.17, 15) is 14.0 Å². The SMILES string of the molecule is Cc1cc(F)ccc1NC(=O)C(=O)NC(C)C(C)CO. The molecular weight excluding hydrogens is 263 g/mol. The van der Waals surface area contributed by atoms with Crippen molar-refractivity contribution < 1.29 is 19.1 Å². The summed E-state index contributed by atoms with van der Waals surface area (Å²) in [6.45, 7) is 5.01. The minimum atomic E-state index is -0.823. The molecular formula is C14H19FN2O3. The molecule has 0 saturated carbocycles. The lowest BCUT2D eigenvalue weighted by atomic mass is 10.1. The van der Waals surface area contributed by atoms with Gasteiger partial charge in [-0.05, 0) is 43.5 Å². The van der Waals surface area contributed by atoms with E-state index in [1.807, 2.05) is 0 Å². The summed E-state index contributed by atoms with van der Waals surface area (Å²) >= 11 is 0. The Morgan fingerprint density at radius 1 is 1.30 bits per heavy atom. The molecule has 0 aliphatic heterocycles. The molecule has 2 amide bonds. The minimum absolute atomic E-state index is 0.0832. The number of aliphatic hydroxyl groups excluding tert-OH is 1. The van der Waals surface area contributed by atoms with Gasteiger partial charge in [-0.25, -0.2) is 4.39 Å². The summed E-state index contributed by atoms with van der Waals surface area (Å²) in [6, 6.07) is 3.55. The normalized spacial score (nSPS) is 13.4. The first-order valence-corrected chi connectivity index (χ1v) is 6.34. The second-order valence-electron chi connectivity index (χ2n) is 4.84. The Kier molecular flexibility index (Phi) is 5.64. The number of nitrogens with one attached hydrogen (secondary N) is 2. The van der Waals surface area contributed by atoms with E-state index in [0.717, 1.165) is 0 Å². The number of rotatable bonds is 4. The van der Waals surface area contributed by atoms with Crippen LogP contribution in [0.2, 0.25) is 0 Å². The summed E-state index contributed by atoms with van der Waals surface area (Å²) in [7, 11) is 0. The van der Waals surface area contributed by atoms with Crippen molar-refractivity contribution in [2.24, 2.45) is 5.92 Å². The molecule has 0 fully saturated rings. The van der Waals surface area contributed by atoms with E-state index >= 15 is 0 Å². The molecule has 20 heavy (non-hydrogen) atoms. The summed E-state index contributed by atoms with van der Waals surface area (Å²) in [6.07, 6.45) is 0. The quantitative estimate of drug-likeness (QED) is 0.726. The molecule has 0 aromatic heterocycles. The highest BCUT2D eigenvalue weighted by atomic mass is 19.1. The third-order valence-electron chi connectivity index (χ3n) is 3.14. The van der Waals surface area contributed by atoms with E-state index in [-0.39, 0.29) is 18.6 Å². The van der Waals surface area contributed by atoms with Crippen molar-refractivity contribution >= 4 is 17.5 Å². The van der Waals surface area contributed by atoms with E-state index in [0.29, 0.717) is 11.3 Å². The number of benzene rings is 1. The van der Waals surface area contributed by atoms with Gasteiger partial charge in [0.2, 0.25) is 0 Å². The average molecular weight is 282 g/mol. The number of aliphatic hydroxyl groups is 1. The van der Waals surface area contributed by atoms with Gasteiger partial charge in [0.15, 0.2) is 0 Å². The fourth-order valence-corrected chi connectivity index (χ4v) is 1.52. The Balaban J connectivity index is 2.64. The highest BCUT2D eigenvalue weighted by Gasteiger charge is 2.19. The molecule has 0 aliphatic rings. The molecule has 0 saturated heterocycles. The summed E-state index contributed by atoms with van der Waals surface area (Å²) < 4.78 is 12.9. The van der Waals surface area contributed by atoms with E-state index < -0.39 is 17.6 Å². The molecule has 1 rings (SSSR count). The van der Waals surface area contributed by atoms with Crippen molar-refractivity contribution in [1.29, 1.82) is 0 Å². The predicted octanol–water partition coefficient (Wildman–Crippen LogP) is 1.21. The summed E-state index contributed by atoms with van der Waals surface area (Å²) in [5.74, 6) is -2.17. The maximum Gasteiger partial charge on any atom is 0.313 e. The maximum atomic E-state index is 12.9. The Hall–Kier alpha value is -1.95. The van der Waals surface area contributed by atoms with Crippen LogP contribution in [-0.2, 0) is 9.59 Å². The molecule has 110 valence electrons. The van der Waals surface area contributed by atoms with Gasteiger partial charge in [-0.15, -0.1) is 0 Å². The molecule has 0 spiro atoms. The highest BCUT2D eigenvalue weighted by molar-refractivity contribution is 6.39. The number of aryl methyl sites for hydroxylation is 1. The van der Waals surface area contributed by atoms with Gasteiger partial charge in [0, 0.05) is 18.3 Å². The topological polar surface area (TPSA) is 78.4 Å². The number of hydrogen-bond acceptors (Lipinski definition) is 3. The zero-order valence-corrected chi connectivity index (χ0v) is 11.7. The third-order valence-corrected chi connectivity index (χ3v) is 3.14. The van der Waals surface area contributed by atoms with Gasteiger partial charge in [-0.2, -0.15) is 0 Å². The first kappa shape index (κ1) is 16.1. The van der Waals surface area contributed by atoms with Gasteiger partial charge in [0.05, 0.1) is 0 Å². The molecule has 2 atom stereocenters. The van der Waals surface area contributed by atoms with Crippen LogP contribution in [0.25, 0.3) is 0 Å². The maximum absolute atomic E-state index is 12.9. The zero-order valence-electron chi connectivity index (χ0n) is 11.7. The predicted molar refractivity (Wildman–Crippen MR) is 73.6 cm³/mol. The number of amides is 2. The largest absolute Gasteiger partial charge is 0.396 e. The van der Waals surface area contributed by atoms with Crippen molar-refractivity contribution in [3.05, 3.63) is 29.6 Å². The number of hydrogen-bond donors (Lipinski definition) is 3. The summed E-state index contributed by atoms with van der Waals surface area (Å²) in [5, 5.41) is 13.9. The van der Waals surface area contributed by atoms with Crippen molar-refractivity contribution in [2.75, 3.05) is 11.9 Å². The molecule has 1 aromatic carbocycles. The molecule has 3 N–H and O–H groups in total. The van der Waals surface area contributed by atoms with Crippen LogP contribution in [0, 0.1) is 18.7 Å². The first-order chi connectivity index (χ1) is 9.35. The van der Waals surface area contributed by atoms with Gasteiger partial charge in [-0.1, -0.05) is 6.92 Å². The van der Waals surface area contributed by atoms with Crippen LogP contribution in [-0.4, -0.2) is 29.6 Å². The average Bonchev–Trinajstić information content (AvgIpc) is 2.40. The van der Waals surface area contributed by atoms with Crippen LogP contribution in [0.1, 0.15) is 19.4 Å². The smallest absolute Gasteiger partial charge is 0.313 e. The van der Waals surface area contributed by atoms with Gasteiger partial charge in [0.1, 0.15) is 5.82 Å². The van der Waals surface area contributed by atoms with Crippen molar-refractivity contribution in [2.45, 2.75) is 26.8 Å². The molecule has 0 aliphatic carbocycles. The summed E-state index contributed by atoms with van der Waals surface area (Å²) in [5.41, 5.74) is 0.914. The number of carbonyl (C=O) groups is 2. The first-order valence-electron chi connectivity index (χ1n) is 6.34. The van der Waals surface area contributed by atoms with E-state index in [2.05, 4.69) is 10.6 Å². The molecule has 0 radical (unpaired) electrons. The fraction of sp³-hybridized carbons (Fsp3) is 0.429. The molecule has 0 heterocycles. The van der Waals surface area contributed by atoms with E-state index in [1.165, 1.54) is 18.2 Å². The monoisotopic (exact) mass is 282 g/mol. The van der Waals surface area contributed by atoms with Gasteiger partial charge < -0.3 is 15.7 Å². The van der Waals surface area contributed by atoms with Gasteiger partial charge in [0.25, 0.3) is 0 Å². The fourth-order valence-electron chi connectivity index (χ4n) is 1.52. The number of anilines is 1. The van der Waals surface area contributed by atoms with Crippen molar-refractivity contribution in [3.8, 4) is 0 Å². The molecule has 0 bridgehead atoms. The van der Waals surface area contributed by atoms with Crippen LogP contribution >= 0.6 is 0 Å². The van der Waals surface area contributed by atoms with Crippen LogP contribution in [0.3, 0.4) is 0 Å². The van der Waals surface area contributed by atoms with Crippen molar-refractivity contribution in [3.63, 3.8) is 0 Å².